The highest BCUT2D eigenvalue weighted by Crippen LogP contribution is 2.28. The van der Waals surface area contributed by atoms with Crippen LogP contribution >= 0.6 is 0 Å². The average molecular weight is 297 g/mol. The Balaban J connectivity index is 2.95. The number of nitrogens with one attached hydrogen (secondary N) is 1. The largest absolute Gasteiger partial charge is 0.434 e. The highest BCUT2D eigenvalue weighted by atomic mass is 19.3. The number of hydrogen-bond acceptors (Lipinski definition) is 2. The molecule has 1 amide bonds. The van der Waals surface area contributed by atoms with E-state index in [4.69, 9.17) is 0 Å². The van der Waals surface area contributed by atoms with Crippen molar-refractivity contribution in [1.82, 2.24) is 5.32 Å². The zero-order chi connectivity index (χ0) is 15.8. The zero-order valence-electron chi connectivity index (χ0n) is 12.5. The minimum absolute atomic E-state index is 0.0942. The van der Waals surface area contributed by atoms with Crippen molar-refractivity contribution >= 4 is 5.91 Å². The summed E-state index contributed by atoms with van der Waals surface area (Å²) in [6, 6.07) is 6.15. The van der Waals surface area contributed by atoms with Crippen molar-refractivity contribution < 1.29 is 18.3 Å². The van der Waals surface area contributed by atoms with Gasteiger partial charge >= 0.3 is 6.61 Å². The molecule has 1 atom stereocenters. The summed E-state index contributed by atoms with van der Waals surface area (Å²) < 4.78 is 29.4. The van der Waals surface area contributed by atoms with Crippen LogP contribution in [-0.4, -0.2) is 12.5 Å². The van der Waals surface area contributed by atoms with Gasteiger partial charge in [0.25, 0.3) is 0 Å². The van der Waals surface area contributed by atoms with Gasteiger partial charge in [-0.3, -0.25) is 4.79 Å². The molecule has 0 saturated heterocycles. The van der Waals surface area contributed by atoms with E-state index in [1.54, 1.807) is 25.1 Å². The molecule has 1 unspecified atom stereocenters. The van der Waals surface area contributed by atoms with Gasteiger partial charge in [0.15, 0.2) is 0 Å². The van der Waals surface area contributed by atoms with Gasteiger partial charge in [0, 0.05) is 11.1 Å². The quantitative estimate of drug-likeness (QED) is 0.766. The number of carbonyl (C=O) groups excluding carboxylic acids is 1. The van der Waals surface area contributed by atoms with Gasteiger partial charge < -0.3 is 10.1 Å². The molecule has 3 nitrogen and oxygen atoms in total. The van der Waals surface area contributed by atoms with Crippen LogP contribution in [0.1, 0.15) is 45.2 Å². The third-order valence-electron chi connectivity index (χ3n) is 3.09. The Hall–Kier alpha value is -1.91. The fourth-order valence-electron chi connectivity index (χ4n) is 2.04. The van der Waals surface area contributed by atoms with Gasteiger partial charge in [0.1, 0.15) is 5.75 Å². The Kier molecular flexibility index (Phi) is 6.85. The monoisotopic (exact) mass is 297 g/mol. The molecule has 0 heterocycles. The third kappa shape index (κ3) is 5.17. The molecule has 0 aliphatic heterocycles. The number of hydrogen-bond donors (Lipinski definition) is 1. The summed E-state index contributed by atoms with van der Waals surface area (Å²) in [5, 5.41) is 2.85. The summed E-state index contributed by atoms with van der Waals surface area (Å²) in [6.45, 7) is 2.66. The molecule has 1 aromatic rings. The number of allylic oxidation sites excluding steroid dienone is 1. The smallest absolute Gasteiger partial charge is 0.387 e. The van der Waals surface area contributed by atoms with Crippen LogP contribution in [0.5, 0.6) is 5.75 Å². The van der Waals surface area contributed by atoms with Crippen molar-refractivity contribution in [2.45, 2.75) is 46.3 Å². The van der Waals surface area contributed by atoms with E-state index in [1.807, 2.05) is 19.9 Å². The van der Waals surface area contributed by atoms with Crippen molar-refractivity contribution in [3.8, 4) is 5.75 Å². The summed E-state index contributed by atoms with van der Waals surface area (Å²) in [6.07, 6.45) is 3.17. The Morgan fingerprint density at radius 1 is 1.33 bits per heavy atom. The first kappa shape index (κ1) is 17.1. The number of ether oxygens (including phenoxy) is 1. The SMILES string of the molecule is CCC=C(C)C(=O)NC(CC)c1ccccc1OC(F)F. The summed E-state index contributed by atoms with van der Waals surface area (Å²) in [7, 11) is 0. The molecule has 1 rings (SSSR count). The lowest BCUT2D eigenvalue weighted by molar-refractivity contribution is -0.118. The maximum absolute atomic E-state index is 12.4. The second-order valence-corrected chi connectivity index (χ2v) is 4.65. The van der Waals surface area contributed by atoms with Gasteiger partial charge in [-0.05, 0) is 25.8 Å². The number of benzene rings is 1. The van der Waals surface area contributed by atoms with Crippen molar-refractivity contribution in [1.29, 1.82) is 0 Å². The van der Waals surface area contributed by atoms with Gasteiger partial charge in [-0.15, -0.1) is 0 Å². The van der Waals surface area contributed by atoms with Crippen LogP contribution in [0.25, 0.3) is 0 Å². The van der Waals surface area contributed by atoms with Crippen molar-refractivity contribution in [3.63, 3.8) is 0 Å². The van der Waals surface area contributed by atoms with E-state index in [0.29, 0.717) is 17.6 Å². The molecule has 0 aliphatic rings. The number of alkyl halides is 2. The first-order valence-corrected chi connectivity index (χ1v) is 7.00. The molecule has 0 spiro atoms. The summed E-state index contributed by atoms with van der Waals surface area (Å²) in [5.74, 6) is -0.104. The van der Waals surface area contributed by atoms with E-state index in [0.717, 1.165) is 6.42 Å². The molecular weight excluding hydrogens is 276 g/mol. The first-order valence-electron chi connectivity index (χ1n) is 7.00. The Bertz CT molecular complexity index is 501. The van der Waals surface area contributed by atoms with Crippen LogP contribution < -0.4 is 10.1 Å². The zero-order valence-corrected chi connectivity index (χ0v) is 12.5. The molecule has 21 heavy (non-hydrogen) atoms. The van der Waals surface area contributed by atoms with E-state index in [-0.39, 0.29) is 17.7 Å². The fraction of sp³-hybridized carbons (Fsp3) is 0.438. The summed E-state index contributed by atoms with van der Waals surface area (Å²) in [5.41, 5.74) is 1.17. The molecule has 0 aliphatic carbocycles. The average Bonchev–Trinajstić information content (AvgIpc) is 2.45. The first-order chi connectivity index (χ1) is 9.99. The second-order valence-electron chi connectivity index (χ2n) is 4.65. The third-order valence-corrected chi connectivity index (χ3v) is 3.09. The normalized spacial score (nSPS) is 13.1. The van der Waals surface area contributed by atoms with Crippen molar-refractivity contribution in [3.05, 3.63) is 41.5 Å². The Morgan fingerprint density at radius 3 is 2.57 bits per heavy atom. The van der Waals surface area contributed by atoms with E-state index < -0.39 is 6.61 Å². The van der Waals surface area contributed by atoms with Crippen LogP contribution in [0.15, 0.2) is 35.9 Å². The molecule has 0 bridgehead atoms. The van der Waals surface area contributed by atoms with Crippen LogP contribution in [-0.2, 0) is 4.79 Å². The van der Waals surface area contributed by atoms with Crippen molar-refractivity contribution in [2.24, 2.45) is 0 Å². The number of halogens is 2. The van der Waals surface area contributed by atoms with Crippen LogP contribution in [0.2, 0.25) is 0 Å². The topological polar surface area (TPSA) is 38.3 Å². The number of rotatable bonds is 7. The van der Waals surface area contributed by atoms with E-state index >= 15 is 0 Å². The molecule has 5 heteroatoms. The van der Waals surface area contributed by atoms with Crippen LogP contribution in [0, 0.1) is 0 Å². The highest BCUT2D eigenvalue weighted by Gasteiger charge is 2.19. The highest BCUT2D eigenvalue weighted by molar-refractivity contribution is 5.93. The predicted molar refractivity (Wildman–Crippen MR) is 78.3 cm³/mol. The van der Waals surface area contributed by atoms with Gasteiger partial charge in [-0.25, -0.2) is 0 Å². The van der Waals surface area contributed by atoms with Gasteiger partial charge in [-0.2, -0.15) is 8.78 Å². The van der Waals surface area contributed by atoms with E-state index in [9.17, 15) is 13.6 Å². The molecule has 1 aromatic carbocycles. The predicted octanol–water partition coefficient (Wildman–Crippen LogP) is 4.21. The Morgan fingerprint density at radius 2 is 2.00 bits per heavy atom. The van der Waals surface area contributed by atoms with E-state index in [1.165, 1.54) is 6.07 Å². The van der Waals surface area contributed by atoms with Gasteiger partial charge in [0.05, 0.1) is 6.04 Å². The lowest BCUT2D eigenvalue weighted by atomic mass is 10.0. The lowest BCUT2D eigenvalue weighted by Crippen LogP contribution is -2.29. The van der Waals surface area contributed by atoms with Gasteiger partial charge in [0.2, 0.25) is 5.91 Å². The van der Waals surface area contributed by atoms with E-state index in [2.05, 4.69) is 10.1 Å². The van der Waals surface area contributed by atoms with Gasteiger partial charge in [-0.1, -0.05) is 38.1 Å². The molecule has 0 aromatic heterocycles. The van der Waals surface area contributed by atoms with Crippen LogP contribution in [0.3, 0.4) is 0 Å². The number of amides is 1. The summed E-state index contributed by atoms with van der Waals surface area (Å²) in [4.78, 5) is 12.0. The van der Waals surface area contributed by atoms with Crippen LogP contribution in [0.4, 0.5) is 8.78 Å². The molecule has 116 valence electrons. The summed E-state index contributed by atoms with van der Waals surface area (Å²) >= 11 is 0. The minimum atomic E-state index is -2.89. The standard InChI is InChI=1S/C16H21F2NO2/c1-4-8-11(3)15(20)19-13(5-2)12-9-6-7-10-14(12)21-16(17)18/h6-10,13,16H,4-5H2,1-3H3,(H,19,20). The maximum Gasteiger partial charge on any atom is 0.387 e. The second kappa shape index (κ2) is 8.39. The maximum atomic E-state index is 12.4. The molecule has 0 fully saturated rings. The molecule has 0 saturated carbocycles. The molecule has 1 N–H and O–H groups in total. The minimum Gasteiger partial charge on any atom is -0.434 e. The molecular formula is C16H21F2NO2. The van der Waals surface area contributed by atoms with Crippen molar-refractivity contribution in [2.75, 3.05) is 0 Å². The Labute approximate surface area is 124 Å². The number of para-hydroxylation sites is 1. The fourth-order valence-corrected chi connectivity index (χ4v) is 2.04. The molecule has 0 radical (unpaired) electrons. The lowest BCUT2D eigenvalue weighted by Gasteiger charge is -2.20. The number of carbonyl (C=O) groups is 1.